The molecule has 114 valence electrons. The quantitative estimate of drug-likeness (QED) is 0.718. The molecule has 0 unspecified atom stereocenters. The maximum absolute atomic E-state index is 11.7. The molecule has 0 radical (unpaired) electrons. The molecule has 0 aliphatic carbocycles. The third-order valence-electron chi connectivity index (χ3n) is 3.06. The second-order valence-corrected chi connectivity index (χ2v) is 4.57. The molecule has 1 saturated heterocycles. The highest BCUT2D eigenvalue weighted by Gasteiger charge is 2.10. The van der Waals surface area contributed by atoms with Crippen molar-refractivity contribution in [3.05, 3.63) is 24.0 Å². The SMILES string of the molecule is O=C(NCCN1CCOCC1)Nc1ccc(C(=O)O)nc1. The molecular weight excluding hydrogens is 276 g/mol. The van der Waals surface area contributed by atoms with Crippen LogP contribution in [0.5, 0.6) is 0 Å². The van der Waals surface area contributed by atoms with Gasteiger partial charge < -0.3 is 20.5 Å². The molecule has 1 fully saturated rings. The van der Waals surface area contributed by atoms with Gasteiger partial charge in [0.1, 0.15) is 5.69 Å². The summed E-state index contributed by atoms with van der Waals surface area (Å²) in [5, 5.41) is 14.1. The van der Waals surface area contributed by atoms with Crippen LogP contribution in [-0.4, -0.2) is 66.4 Å². The van der Waals surface area contributed by atoms with Crippen molar-refractivity contribution >= 4 is 17.7 Å². The van der Waals surface area contributed by atoms with Crippen LogP contribution in [0, 0.1) is 0 Å². The van der Waals surface area contributed by atoms with E-state index in [4.69, 9.17) is 9.84 Å². The van der Waals surface area contributed by atoms with Gasteiger partial charge in [-0.25, -0.2) is 14.6 Å². The molecule has 8 heteroatoms. The van der Waals surface area contributed by atoms with Crippen LogP contribution < -0.4 is 10.6 Å². The summed E-state index contributed by atoms with van der Waals surface area (Å²) in [6, 6.07) is 2.50. The summed E-state index contributed by atoms with van der Waals surface area (Å²) in [5.74, 6) is -1.10. The smallest absolute Gasteiger partial charge is 0.354 e. The van der Waals surface area contributed by atoms with Gasteiger partial charge in [-0.2, -0.15) is 0 Å². The van der Waals surface area contributed by atoms with Crippen LogP contribution >= 0.6 is 0 Å². The van der Waals surface area contributed by atoms with Crippen LogP contribution in [-0.2, 0) is 4.74 Å². The second kappa shape index (κ2) is 7.55. The van der Waals surface area contributed by atoms with E-state index in [1.165, 1.54) is 18.3 Å². The van der Waals surface area contributed by atoms with Gasteiger partial charge in [-0.1, -0.05) is 0 Å². The molecule has 0 spiro atoms. The lowest BCUT2D eigenvalue weighted by atomic mass is 10.3. The largest absolute Gasteiger partial charge is 0.477 e. The fourth-order valence-electron chi connectivity index (χ4n) is 1.92. The first kappa shape index (κ1) is 15.2. The Labute approximate surface area is 122 Å². The first-order valence-electron chi connectivity index (χ1n) is 6.69. The number of hydrogen-bond acceptors (Lipinski definition) is 5. The van der Waals surface area contributed by atoms with Gasteiger partial charge in [-0.15, -0.1) is 0 Å². The molecular formula is C13H18N4O4. The normalized spacial score (nSPS) is 15.4. The number of morpholine rings is 1. The Hall–Kier alpha value is -2.19. The average Bonchev–Trinajstić information content (AvgIpc) is 2.49. The average molecular weight is 294 g/mol. The number of aromatic carboxylic acids is 1. The van der Waals surface area contributed by atoms with Gasteiger partial charge in [0.25, 0.3) is 0 Å². The minimum Gasteiger partial charge on any atom is -0.477 e. The number of carboxylic acid groups (broad SMARTS) is 1. The fourth-order valence-corrected chi connectivity index (χ4v) is 1.92. The predicted octanol–water partition coefficient (Wildman–Crippen LogP) is 0.233. The number of rotatable bonds is 5. The number of pyridine rings is 1. The Morgan fingerprint density at radius 3 is 2.71 bits per heavy atom. The van der Waals surface area contributed by atoms with Gasteiger partial charge >= 0.3 is 12.0 Å². The Morgan fingerprint density at radius 2 is 2.10 bits per heavy atom. The van der Waals surface area contributed by atoms with E-state index in [-0.39, 0.29) is 11.7 Å². The minimum absolute atomic E-state index is 0.0618. The van der Waals surface area contributed by atoms with Crippen molar-refractivity contribution in [3.8, 4) is 0 Å². The number of nitrogens with one attached hydrogen (secondary N) is 2. The number of carbonyl (C=O) groups is 2. The van der Waals surface area contributed by atoms with Gasteiger partial charge in [0, 0.05) is 26.2 Å². The molecule has 1 aromatic rings. The third-order valence-corrected chi connectivity index (χ3v) is 3.06. The second-order valence-electron chi connectivity index (χ2n) is 4.57. The topological polar surface area (TPSA) is 104 Å². The van der Waals surface area contributed by atoms with E-state index in [2.05, 4.69) is 20.5 Å². The molecule has 0 saturated carbocycles. The highest BCUT2D eigenvalue weighted by Crippen LogP contribution is 2.05. The standard InChI is InChI=1S/C13H18N4O4/c18-12(19)11-2-1-10(9-15-11)16-13(20)14-3-4-17-5-7-21-8-6-17/h1-2,9H,3-8H2,(H,18,19)(H2,14,16,20). The van der Waals surface area contributed by atoms with E-state index in [0.717, 1.165) is 32.8 Å². The lowest BCUT2D eigenvalue weighted by Gasteiger charge is -2.26. The van der Waals surface area contributed by atoms with Gasteiger partial charge in [-0.05, 0) is 12.1 Å². The summed E-state index contributed by atoms with van der Waals surface area (Å²) in [6.07, 6.45) is 1.31. The minimum atomic E-state index is -1.10. The van der Waals surface area contributed by atoms with Gasteiger partial charge in [0.2, 0.25) is 0 Å². The van der Waals surface area contributed by atoms with Crippen molar-refractivity contribution in [2.24, 2.45) is 0 Å². The number of hydrogen-bond donors (Lipinski definition) is 3. The predicted molar refractivity (Wildman–Crippen MR) is 75.5 cm³/mol. The highest BCUT2D eigenvalue weighted by atomic mass is 16.5. The van der Waals surface area contributed by atoms with Crippen LogP contribution in [0.15, 0.2) is 18.3 Å². The third kappa shape index (κ3) is 5.01. The van der Waals surface area contributed by atoms with Crippen molar-refractivity contribution in [1.82, 2.24) is 15.2 Å². The Kier molecular flexibility index (Phi) is 5.47. The number of carboxylic acids is 1. The van der Waals surface area contributed by atoms with E-state index in [0.29, 0.717) is 12.2 Å². The molecule has 21 heavy (non-hydrogen) atoms. The van der Waals surface area contributed by atoms with Crippen LogP contribution in [0.1, 0.15) is 10.5 Å². The first-order chi connectivity index (χ1) is 10.1. The first-order valence-corrected chi connectivity index (χ1v) is 6.69. The van der Waals surface area contributed by atoms with E-state index in [1.807, 2.05) is 0 Å². The van der Waals surface area contributed by atoms with Crippen molar-refractivity contribution in [2.45, 2.75) is 0 Å². The highest BCUT2D eigenvalue weighted by molar-refractivity contribution is 5.90. The maximum Gasteiger partial charge on any atom is 0.354 e. The molecule has 2 amide bonds. The van der Waals surface area contributed by atoms with Gasteiger partial charge in [0.05, 0.1) is 25.1 Å². The lowest BCUT2D eigenvalue weighted by Crippen LogP contribution is -2.42. The summed E-state index contributed by atoms with van der Waals surface area (Å²) in [7, 11) is 0. The van der Waals surface area contributed by atoms with Crippen molar-refractivity contribution < 1.29 is 19.4 Å². The molecule has 2 heterocycles. The summed E-state index contributed by atoms with van der Waals surface area (Å²) < 4.78 is 5.24. The number of carbonyl (C=O) groups excluding carboxylic acids is 1. The molecule has 1 aliphatic rings. The van der Waals surface area contributed by atoms with Gasteiger partial charge in [0.15, 0.2) is 0 Å². The maximum atomic E-state index is 11.7. The zero-order valence-electron chi connectivity index (χ0n) is 11.5. The summed E-state index contributed by atoms with van der Waals surface area (Å²) in [4.78, 5) is 28.2. The van der Waals surface area contributed by atoms with E-state index in [1.54, 1.807) is 0 Å². The molecule has 2 rings (SSSR count). The summed E-state index contributed by atoms with van der Waals surface area (Å²) in [6.45, 7) is 4.52. The van der Waals surface area contributed by atoms with E-state index in [9.17, 15) is 9.59 Å². The number of urea groups is 1. The Bertz CT molecular complexity index is 485. The number of ether oxygens (including phenoxy) is 1. The number of aromatic nitrogens is 1. The monoisotopic (exact) mass is 294 g/mol. The summed E-state index contributed by atoms with van der Waals surface area (Å²) >= 11 is 0. The zero-order chi connectivity index (χ0) is 15.1. The molecule has 0 atom stereocenters. The molecule has 1 aliphatic heterocycles. The van der Waals surface area contributed by atoms with E-state index >= 15 is 0 Å². The molecule has 8 nitrogen and oxygen atoms in total. The molecule has 1 aromatic heterocycles. The fraction of sp³-hybridized carbons (Fsp3) is 0.462. The van der Waals surface area contributed by atoms with Gasteiger partial charge in [-0.3, -0.25) is 4.90 Å². The number of nitrogens with zero attached hydrogens (tertiary/aromatic N) is 2. The van der Waals surface area contributed by atoms with Crippen LogP contribution in [0.4, 0.5) is 10.5 Å². The molecule has 0 aromatic carbocycles. The van der Waals surface area contributed by atoms with Crippen LogP contribution in [0.2, 0.25) is 0 Å². The summed E-state index contributed by atoms with van der Waals surface area (Å²) in [5.41, 5.74) is 0.386. The zero-order valence-corrected chi connectivity index (χ0v) is 11.5. The lowest BCUT2D eigenvalue weighted by molar-refractivity contribution is 0.0388. The Morgan fingerprint density at radius 1 is 1.33 bits per heavy atom. The van der Waals surface area contributed by atoms with Crippen molar-refractivity contribution in [2.75, 3.05) is 44.7 Å². The van der Waals surface area contributed by atoms with E-state index < -0.39 is 5.97 Å². The Balaban J connectivity index is 1.70. The van der Waals surface area contributed by atoms with Crippen molar-refractivity contribution in [1.29, 1.82) is 0 Å². The number of anilines is 1. The molecule has 3 N–H and O–H groups in total. The van der Waals surface area contributed by atoms with Crippen LogP contribution in [0.3, 0.4) is 0 Å². The molecule has 0 bridgehead atoms. The van der Waals surface area contributed by atoms with Crippen molar-refractivity contribution in [3.63, 3.8) is 0 Å². The van der Waals surface area contributed by atoms with Crippen LogP contribution in [0.25, 0.3) is 0 Å². The number of amides is 2.